The van der Waals surface area contributed by atoms with Crippen molar-refractivity contribution in [2.45, 2.75) is 20.1 Å². The molecule has 0 bridgehead atoms. The van der Waals surface area contributed by atoms with Gasteiger partial charge in [0.25, 0.3) is 0 Å². The molecule has 0 amide bonds. The Kier molecular flexibility index (Phi) is 2.17. The summed E-state index contributed by atoms with van der Waals surface area (Å²) in [6.07, 6.45) is 1.47. The summed E-state index contributed by atoms with van der Waals surface area (Å²) < 4.78 is 13.0. The lowest BCUT2D eigenvalue weighted by Crippen LogP contribution is -2.00. The Bertz CT molecular complexity index is 833. The zero-order chi connectivity index (χ0) is 13.9. The third-order valence-corrected chi connectivity index (χ3v) is 3.82. The van der Waals surface area contributed by atoms with Gasteiger partial charge in [-0.1, -0.05) is 5.16 Å². The van der Waals surface area contributed by atoms with Crippen LogP contribution in [0.15, 0.2) is 10.9 Å². The Morgan fingerprint density at radius 1 is 1.30 bits per heavy atom. The number of hydrogen-bond donors (Lipinski definition) is 1. The van der Waals surface area contributed by atoms with Crippen LogP contribution in [0.1, 0.15) is 17.0 Å². The first kappa shape index (κ1) is 11.4. The summed E-state index contributed by atoms with van der Waals surface area (Å²) in [5, 5.41) is 4.99. The predicted octanol–water partition coefficient (Wildman–Crippen LogP) is 1.54. The van der Waals surface area contributed by atoms with E-state index in [9.17, 15) is 0 Å². The van der Waals surface area contributed by atoms with Crippen LogP contribution in [0, 0.1) is 6.92 Å². The summed E-state index contributed by atoms with van der Waals surface area (Å²) in [5.41, 5.74) is 10.5. The number of nitrogens with two attached hydrogens (primary N) is 1. The zero-order valence-electron chi connectivity index (χ0n) is 11.2. The molecule has 0 unspecified atom stereocenters. The van der Waals surface area contributed by atoms with Crippen molar-refractivity contribution in [3.63, 3.8) is 0 Å². The van der Waals surface area contributed by atoms with Crippen LogP contribution in [0.25, 0.3) is 22.3 Å². The van der Waals surface area contributed by atoms with E-state index in [2.05, 4.69) is 15.1 Å². The molecule has 7 nitrogen and oxygen atoms in total. The van der Waals surface area contributed by atoms with Crippen LogP contribution in [-0.4, -0.2) is 19.7 Å². The van der Waals surface area contributed by atoms with E-state index < -0.39 is 0 Å². The lowest BCUT2D eigenvalue weighted by molar-refractivity contribution is 0.104. The van der Waals surface area contributed by atoms with Crippen molar-refractivity contribution in [3.8, 4) is 11.3 Å². The van der Waals surface area contributed by atoms with Gasteiger partial charge in [0, 0.05) is 18.2 Å². The van der Waals surface area contributed by atoms with Crippen LogP contribution in [0.4, 0.5) is 5.82 Å². The van der Waals surface area contributed by atoms with Crippen LogP contribution in [0.2, 0.25) is 0 Å². The maximum atomic E-state index is 6.04. The molecule has 2 N–H and O–H groups in total. The van der Waals surface area contributed by atoms with Crippen molar-refractivity contribution in [2.24, 2.45) is 7.05 Å². The summed E-state index contributed by atoms with van der Waals surface area (Å²) in [7, 11) is 1.94. The fourth-order valence-corrected chi connectivity index (χ4v) is 2.75. The fraction of sp³-hybridized carbons (Fsp3) is 0.308. The molecule has 4 heterocycles. The molecule has 7 heteroatoms. The van der Waals surface area contributed by atoms with Gasteiger partial charge in [-0.2, -0.15) is 0 Å². The highest BCUT2D eigenvalue weighted by Crippen LogP contribution is 2.40. The average molecular weight is 271 g/mol. The molecule has 4 rings (SSSR count). The first-order valence-corrected chi connectivity index (χ1v) is 6.29. The third kappa shape index (κ3) is 1.30. The highest BCUT2D eigenvalue weighted by Gasteiger charge is 2.28. The molecule has 0 atom stereocenters. The number of fused-ring (bicyclic) bond motifs is 5. The Labute approximate surface area is 114 Å². The Morgan fingerprint density at radius 3 is 3.00 bits per heavy atom. The summed E-state index contributed by atoms with van der Waals surface area (Å²) in [6.45, 7) is 2.84. The SMILES string of the molecule is Cc1onc2c1COCc1c-2c2c(N)ncnc2n1C. The van der Waals surface area contributed by atoms with Gasteiger partial charge in [0.1, 0.15) is 29.2 Å². The Balaban J connectivity index is 2.20. The van der Waals surface area contributed by atoms with Gasteiger partial charge in [-0.05, 0) is 6.92 Å². The predicted molar refractivity (Wildman–Crippen MR) is 71.6 cm³/mol. The fourth-order valence-electron chi connectivity index (χ4n) is 2.75. The van der Waals surface area contributed by atoms with Gasteiger partial charge >= 0.3 is 0 Å². The van der Waals surface area contributed by atoms with Crippen molar-refractivity contribution in [1.82, 2.24) is 19.7 Å². The first-order chi connectivity index (χ1) is 9.68. The van der Waals surface area contributed by atoms with Crippen molar-refractivity contribution in [3.05, 3.63) is 23.3 Å². The first-order valence-electron chi connectivity index (χ1n) is 6.29. The number of anilines is 1. The van der Waals surface area contributed by atoms with E-state index in [4.69, 9.17) is 15.0 Å². The molecular formula is C13H13N5O2. The molecule has 102 valence electrons. The van der Waals surface area contributed by atoms with Gasteiger partial charge in [-0.15, -0.1) is 0 Å². The highest BCUT2D eigenvalue weighted by atomic mass is 16.5. The summed E-state index contributed by atoms with van der Waals surface area (Å²) in [4.78, 5) is 8.41. The van der Waals surface area contributed by atoms with Gasteiger partial charge in [0.05, 0.1) is 24.3 Å². The quantitative estimate of drug-likeness (QED) is 0.666. The molecule has 0 spiro atoms. The Morgan fingerprint density at radius 2 is 2.15 bits per heavy atom. The van der Waals surface area contributed by atoms with Crippen molar-refractivity contribution < 1.29 is 9.26 Å². The van der Waals surface area contributed by atoms with E-state index in [1.807, 2.05) is 18.5 Å². The standard InChI is InChI=1S/C13H13N5O2/c1-6-7-3-19-4-8-9(11(7)17-20-6)10-12(14)15-5-16-13(10)18(8)2/h5H,3-4H2,1-2H3,(H2,14,15,16). The number of aromatic nitrogens is 4. The third-order valence-electron chi connectivity index (χ3n) is 3.82. The largest absolute Gasteiger partial charge is 0.383 e. The van der Waals surface area contributed by atoms with Gasteiger partial charge in [0.2, 0.25) is 0 Å². The molecule has 3 aromatic heterocycles. The molecule has 1 aliphatic rings. The minimum atomic E-state index is 0.445. The van der Waals surface area contributed by atoms with E-state index in [1.54, 1.807) is 0 Å². The number of nitrogen functional groups attached to an aromatic ring is 1. The normalized spacial score (nSPS) is 14.1. The lowest BCUT2D eigenvalue weighted by atomic mass is 10.1. The molecule has 0 aliphatic carbocycles. The van der Waals surface area contributed by atoms with Crippen LogP contribution in [-0.2, 0) is 25.0 Å². The number of aryl methyl sites for hydroxylation is 2. The van der Waals surface area contributed by atoms with Crippen LogP contribution in [0.5, 0.6) is 0 Å². The van der Waals surface area contributed by atoms with Crippen LogP contribution >= 0.6 is 0 Å². The molecule has 0 radical (unpaired) electrons. The van der Waals surface area contributed by atoms with E-state index in [-0.39, 0.29) is 0 Å². The molecule has 1 aliphatic heterocycles. The van der Waals surface area contributed by atoms with Gasteiger partial charge < -0.3 is 19.6 Å². The monoisotopic (exact) mass is 271 g/mol. The number of ether oxygens (including phenoxy) is 1. The maximum absolute atomic E-state index is 6.04. The second kappa shape index (κ2) is 3.80. The van der Waals surface area contributed by atoms with Crippen LogP contribution in [0.3, 0.4) is 0 Å². The molecule has 0 saturated carbocycles. The summed E-state index contributed by atoms with van der Waals surface area (Å²) >= 11 is 0. The summed E-state index contributed by atoms with van der Waals surface area (Å²) in [6, 6.07) is 0. The lowest BCUT2D eigenvalue weighted by Gasteiger charge is -2.03. The van der Waals surface area contributed by atoms with Gasteiger partial charge in [0.15, 0.2) is 0 Å². The molecule has 0 aromatic carbocycles. The van der Waals surface area contributed by atoms with Crippen molar-refractivity contribution in [1.29, 1.82) is 0 Å². The van der Waals surface area contributed by atoms with Gasteiger partial charge in [-0.25, -0.2) is 9.97 Å². The number of hydrogen-bond acceptors (Lipinski definition) is 6. The highest BCUT2D eigenvalue weighted by molar-refractivity contribution is 6.02. The van der Waals surface area contributed by atoms with E-state index in [1.165, 1.54) is 6.33 Å². The number of nitrogens with zero attached hydrogens (tertiary/aromatic N) is 4. The molecule has 20 heavy (non-hydrogen) atoms. The van der Waals surface area contributed by atoms with E-state index in [0.717, 1.165) is 39.3 Å². The van der Waals surface area contributed by atoms with Crippen molar-refractivity contribution >= 4 is 16.9 Å². The van der Waals surface area contributed by atoms with Crippen LogP contribution < -0.4 is 5.73 Å². The summed E-state index contributed by atoms with van der Waals surface area (Å²) in [5.74, 6) is 1.21. The minimum absolute atomic E-state index is 0.445. The number of rotatable bonds is 0. The smallest absolute Gasteiger partial charge is 0.146 e. The molecular weight excluding hydrogens is 258 g/mol. The molecule has 3 aromatic rings. The average Bonchev–Trinajstić information content (AvgIpc) is 2.85. The van der Waals surface area contributed by atoms with E-state index >= 15 is 0 Å². The minimum Gasteiger partial charge on any atom is -0.383 e. The Hall–Kier alpha value is -2.41. The van der Waals surface area contributed by atoms with Gasteiger partial charge in [-0.3, -0.25) is 0 Å². The second-order valence-corrected chi connectivity index (χ2v) is 4.90. The second-order valence-electron chi connectivity index (χ2n) is 4.90. The molecule has 0 fully saturated rings. The van der Waals surface area contributed by atoms with Crippen molar-refractivity contribution in [2.75, 3.05) is 5.73 Å². The maximum Gasteiger partial charge on any atom is 0.146 e. The molecule has 0 saturated heterocycles. The zero-order valence-corrected chi connectivity index (χ0v) is 11.2. The topological polar surface area (TPSA) is 92.0 Å². The van der Waals surface area contributed by atoms with E-state index in [0.29, 0.717) is 19.0 Å².